The third-order valence-electron chi connectivity index (χ3n) is 3.21. The lowest BCUT2D eigenvalue weighted by atomic mass is 10.0. The first-order chi connectivity index (χ1) is 10.8. The highest BCUT2D eigenvalue weighted by Crippen LogP contribution is 2.21. The summed E-state index contributed by atoms with van der Waals surface area (Å²) < 4.78 is 11.0. The van der Waals surface area contributed by atoms with Gasteiger partial charge in [-0.15, -0.1) is 0 Å². The summed E-state index contributed by atoms with van der Waals surface area (Å²) in [7, 11) is 0. The summed E-state index contributed by atoms with van der Waals surface area (Å²) in [5.74, 6) is 0. The van der Waals surface area contributed by atoms with E-state index in [1.807, 2.05) is 0 Å². The highest BCUT2D eigenvalue weighted by molar-refractivity contribution is 4.64. The quantitative estimate of drug-likeness (QED) is 0.226. The minimum absolute atomic E-state index is 0.184. The molecule has 0 aliphatic heterocycles. The van der Waals surface area contributed by atoms with Gasteiger partial charge in [0.1, 0.15) is 6.42 Å². The average Bonchev–Trinajstić information content (AvgIpc) is 3.07. The lowest BCUT2D eigenvalue weighted by Gasteiger charge is -2.14. The second-order valence-corrected chi connectivity index (χ2v) is 4.66. The number of aryl methyl sites for hydroxylation is 2. The molecule has 0 aliphatic rings. The van der Waals surface area contributed by atoms with Crippen LogP contribution < -0.4 is 25.8 Å². The molecule has 0 saturated heterocycles. The number of rotatable bonds is 8. The van der Waals surface area contributed by atoms with Crippen molar-refractivity contribution < 1.29 is 28.3 Å². The number of H-pyrrole nitrogens is 1. The molecule has 0 unspecified atom stereocenters. The zero-order chi connectivity index (χ0) is 17.0. The molecule has 0 aromatic carbocycles. The van der Waals surface area contributed by atoms with Crippen LogP contribution in [0.1, 0.15) is 12.8 Å². The summed E-state index contributed by atoms with van der Waals surface area (Å²) >= 11 is 0. The van der Waals surface area contributed by atoms with Crippen molar-refractivity contribution >= 4 is 0 Å². The third kappa shape index (κ3) is 3.47. The van der Waals surface area contributed by atoms with E-state index < -0.39 is 34.0 Å². The van der Waals surface area contributed by atoms with Crippen LogP contribution in [-0.4, -0.2) is 20.8 Å². The Bertz CT molecular complexity index is 746. The number of hydrogen-bond acceptors (Lipinski definition) is 8. The van der Waals surface area contributed by atoms with Gasteiger partial charge in [0.05, 0.1) is 9.85 Å². The average molecular weight is 330 g/mol. The van der Waals surface area contributed by atoms with Crippen LogP contribution in [0, 0.1) is 25.6 Å². The van der Waals surface area contributed by atoms with Crippen molar-refractivity contribution in [3.05, 3.63) is 48.6 Å². The lowest BCUT2D eigenvalue weighted by molar-refractivity contribution is -0.835. The van der Waals surface area contributed by atoms with E-state index in [0.717, 1.165) is 21.8 Å². The van der Waals surface area contributed by atoms with Crippen molar-refractivity contribution in [1.29, 1.82) is 5.41 Å². The second-order valence-electron chi connectivity index (χ2n) is 4.66. The molecule has 0 bridgehead atoms. The molecule has 2 aromatic heterocycles. The fourth-order valence-corrected chi connectivity index (χ4v) is 1.93. The molecule has 0 aliphatic carbocycles. The van der Waals surface area contributed by atoms with E-state index in [0.29, 0.717) is 0 Å². The van der Waals surface area contributed by atoms with Crippen molar-refractivity contribution in [1.82, 2.24) is 10.5 Å². The molecule has 23 heavy (non-hydrogen) atoms. The molecule has 14 heteroatoms. The summed E-state index contributed by atoms with van der Waals surface area (Å²) in [5, 5.41) is 35.3. The first kappa shape index (κ1) is 16.1. The van der Waals surface area contributed by atoms with Gasteiger partial charge in [0, 0.05) is 0 Å². The monoisotopic (exact) mass is 330 g/mol. The Balaban J connectivity index is 2.16. The van der Waals surface area contributed by atoms with Gasteiger partial charge in [-0.3, -0.25) is 35.4 Å². The van der Waals surface area contributed by atoms with E-state index in [2.05, 4.69) is 19.6 Å². The normalized spacial score (nSPS) is 11.5. The molecule has 2 aromatic rings. The highest BCUT2D eigenvalue weighted by Gasteiger charge is 2.57. The molecule has 124 valence electrons. The highest BCUT2D eigenvalue weighted by atomic mass is 16.7. The SMILES string of the molecule is N=c1c[n+](CCC(CC[n+]2cc(=O)o[nH]2)([N+](=O)[O-])[N+](=O)[O-])[n-]o1. The molecule has 2 N–H and O–H groups in total. The van der Waals surface area contributed by atoms with Gasteiger partial charge in [-0.05, 0) is 5.27 Å². The van der Waals surface area contributed by atoms with Crippen LogP contribution >= 0.6 is 0 Å². The Morgan fingerprint density at radius 2 is 1.91 bits per heavy atom. The fraction of sp³-hybridized carbons (Fsp3) is 0.556. The zero-order valence-corrected chi connectivity index (χ0v) is 11.6. The maximum Gasteiger partial charge on any atom is 0.470 e. The fourth-order valence-electron chi connectivity index (χ4n) is 1.93. The molecule has 0 spiro atoms. The van der Waals surface area contributed by atoms with Crippen LogP contribution in [0.3, 0.4) is 0 Å². The van der Waals surface area contributed by atoms with Crippen molar-refractivity contribution in [2.45, 2.75) is 31.6 Å². The summed E-state index contributed by atoms with van der Waals surface area (Å²) in [6, 6.07) is 0. The van der Waals surface area contributed by atoms with Crippen LogP contribution in [0.4, 0.5) is 0 Å². The largest absolute Gasteiger partial charge is 0.487 e. The topological polar surface area (TPSA) is 191 Å². The Hall–Kier alpha value is -3.32. The maximum absolute atomic E-state index is 11.3. The molecule has 0 saturated carbocycles. The zero-order valence-electron chi connectivity index (χ0n) is 11.6. The van der Waals surface area contributed by atoms with Crippen LogP contribution in [0.25, 0.3) is 0 Å². The van der Waals surface area contributed by atoms with E-state index in [-0.39, 0.29) is 18.6 Å². The number of aromatic nitrogens is 4. The van der Waals surface area contributed by atoms with Gasteiger partial charge in [0.2, 0.25) is 6.20 Å². The maximum atomic E-state index is 11.3. The predicted molar refractivity (Wildman–Crippen MR) is 63.6 cm³/mol. The Morgan fingerprint density at radius 1 is 1.26 bits per heavy atom. The van der Waals surface area contributed by atoms with Crippen molar-refractivity contribution in [3.63, 3.8) is 0 Å². The second kappa shape index (κ2) is 6.20. The molecule has 0 atom stereocenters. The van der Waals surface area contributed by atoms with Crippen molar-refractivity contribution in [2.75, 3.05) is 0 Å². The molecule has 2 heterocycles. The summed E-state index contributed by atoms with van der Waals surface area (Å²) in [4.78, 5) is 31.5. The predicted octanol–water partition coefficient (Wildman–Crippen LogP) is -2.70. The van der Waals surface area contributed by atoms with Crippen LogP contribution in [-0.2, 0) is 13.1 Å². The smallest absolute Gasteiger partial charge is 0.470 e. The Labute approximate surface area is 125 Å². The van der Waals surface area contributed by atoms with Gasteiger partial charge >= 0.3 is 11.3 Å². The molecule has 0 radical (unpaired) electrons. The summed E-state index contributed by atoms with van der Waals surface area (Å²) in [6.45, 7) is -0.377. The number of nitro groups is 2. The lowest BCUT2D eigenvalue weighted by Crippen LogP contribution is -2.53. The van der Waals surface area contributed by atoms with Gasteiger partial charge in [0.15, 0.2) is 19.5 Å². The number of nitrogens with zero attached hydrogens (tertiary/aromatic N) is 5. The van der Waals surface area contributed by atoms with Gasteiger partial charge in [0.25, 0.3) is 11.8 Å². The van der Waals surface area contributed by atoms with Gasteiger partial charge < -0.3 is 4.52 Å². The molecule has 0 fully saturated rings. The van der Waals surface area contributed by atoms with Crippen LogP contribution in [0.5, 0.6) is 0 Å². The van der Waals surface area contributed by atoms with Gasteiger partial charge in [-0.2, -0.15) is 0 Å². The van der Waals surface area contributed by atoms with Crippen LogP contribution in [0.15, 0.2) is 26.2 Å². The standard InChI is InChI=1S/C9H11N7O7/c10-7-5-13(11-22-7)3-1-9(15(18)19,16(20)21)2-4-14-6-8(17)23-12-14/h5-6,10H,1-4H2/p+1. The summed E-state index contributed by atoms with van der Waals surface area (Å²) in [5.41, 5.74) is -3.46. The van der Waals surface area contributed by atoms with E-state index in [4.69, 9.17) is 5.41 Å². The van der Waals surface area contributed by atoms with E-state index >= 15 is 0 Å². The first-order valence-corrected chi connectivity index (χ1v) is 6.28. The summed E-state index contributed by atoms with van der Waals surface area (Å²) in [6.07, 6.45) is 1.17. The van der Waals surface area contributed by atoms with E-state index in [1.165, 1.54) is 0 Å². The number of hydrogen-bond donors (Lipinski definition) is 2. The first-order valence-electron chi connectivity index (χ1n) is 6.28. The molecule has 14 nitrogen and oxygen atoms in total. The minimum Gasteiger partial charge on any atom is -0.487 e. The van der Waals surface area contributed by atoms with Gasteiger partial charge in [-0.1, -0.05) is 4.68 Å². The minimum atomic E-state index is -2.48. The van der Waals surface area contributed by atoms with Crippen molar-refractivity contribution in [2.24, 2.45) is 0 Å². The third-order valence-corrected chi connectivity index (χ3v) is 3.21. The van der Waals surface area contributed by atoms with E-state index in [1.54, 1.807) is 0 Å². The number of nitrogens with one attached hydrogen (secondary N) is 2. The molecular weight excluding hydrogens is 318 g/mol. The molecule has 2 rings (SSSR count). The Morgan fingerprint density at radius 3 is 2.39 bits per heavy atom. The van der Waals surface area contributed by atoms with Gasteiger partial charge in [-0.25, -0.2) is 9.48 Å². The molecule has 0 amide bonds. The molecular formula is C9H12N7O7+. The van der Waals surface area contributed by atoms with Crippen molar-refractivity contribution in [3.8, 4) is 0 Å². The number of aromatic amines is 1. The van der Waals surface area contributed by atoms with Crippen LogP contribution in [0.2, 0.25) is 0 Å². The Kier molecular flexibility index (Phi) is 4.33. The van der Waals surface area contributed by atoms with E-state index in [9.17, 15) is 25.0 Å².